The molecule has 0 aliphatic rings. The van der Waals surface area contributed by atoms with Crippen molar-refractivity contribution in [3.05, 3.63) is 36.0 Å². The van der Waals surface area contributed by atoms with Gasteiger partial charge in [0.1, 0.15) is 0 Å². The van der Waals surface area contributed by atoms with E-state index in [0.29, 0.717) is 13.0 Å². The van der Waals surface area contributed by atoms with E-state index in [1.165, 1.54) is 0 Å². The molecule has 0 saturated carbocycles. The Bertz CT molecular complexity index is 517. The van der Waals surface area contributed by atoms with Crippen LogP contribution >= 0.6 is 0 Å². The maximum atomic E-state index is 10.7. The van der Waals surface area contributed by atoms with Crippen molar-refractivity contribution in [3.8, 4) is 0 Å². The molecule has 4 nitrogen and oxygen atoms in total. The van der Waals surface area contributed by atoms with Crippen LogP contribution in [0.15, 0.2) is 30.5 Å². The Balaban J connectivity index is 2.30. The third-order valence-electron chi connectivity index (χ3n) is 2.62. The largest absolute Gasteiger partial charge is 0.392 e. The van der Waals surface area contributed by atoms with Crippen molar-refractivity contribution in [2.24, 2.45) is 5.73 Å². The first-order valence-corrected chi connectivity index (χ1v) is 5.17. The minimum Gasteiger partial charge on any atom is -0.392 e. The zero-order valence-electron chi connectivity index (χ0n) is 8.89. The lowest BCUT2D eigenvalue weighted by Gasteiger charge is -2.04. The molecule has 0 fully saturated rings. The Labute approximate surface area is 93.3 Å². The molecule has 0 unspecified atom stereocenters. The Kier molecular flexibility index (Phi) is 2.92. The number of aromatic nitrogens is 1. The van der Waals surface area contributed by atoms with Crippen LogP contribution in [0.5, 0.6) is 0 Å². The Morgan fingerprint density at radius 3 is 2.88 bits per heavy atom. The molecule has 0 radical (unpaired) electrons. The minimum absolute atomic E-state index is 0.0441. The van der Waals surface area contributed by atoms with Gasteiger partial charge >= 0.3 is 0 Å². The minimum atomic E-state index is -0.297. The number of nitrogens with zero attached hydrogens (tertiary/aromatic N) is 1. The summed E-state index contributed by atoms with van der Waals surface area (Å²) < 4.78 is 1.99. The second-order valence-corrected chi connectivity index (χ2v) is 3.78. The molecule has 0 saturated heterocycles. The molecule has 4 heteroatoms. The van der Waals surface area contributed by atoms with Crippen LogP contribution < -0.4 is 5.73 Å². The van der Waals surface area contributed by atoms with Crippen molar-refractivity contribution in [1.82, 2.24) is 4.57 Å². The summed E-state index contributed by atoms with van der Waals surface area (Å²) in [7, 11) is 0. The van der Waals surface area contributed by atoms with Gasteiger partial charge in [0, 0.05) is 24.7 Å². The molecule has 16 heavy (non-hydrogen) atoms. The van der Waals surface area contributed by atoms with E-state index >= 15 is 0 Å². The number of carbonyl (C=O) groups is 1. The second kappa shape index (κ2) is 4.37. The number of benzene rings is 1. The van der Waals surface area contributed by atoms with Crippen molar-refractivity contribution in [3.63, 3.8) is 0 Å². The molecule has 2 aromatic rings. The molecule has 0 atom stereocenters. The summed E-state index contributed by atoms with van der Waals surface area (Å²) in [4.78, 5) is 10.7. The number of hydrogen-bond acceptors (Lipinski definition) is 2. The van der Waals surface area contributed by atoms with Gasteiger partial charge in [-0.3, -0.25) is 4.79 Å². The third kappa shape index (κ3) is 2.06. The number of rotatable bonds is 4. The summed E-state index contributed by atoms with van der Waals surface area (Å²) in [5.74, 6) is -0.297. The third-order valence-corrected chi connectivity index (χ3v) is 2.62. The van der Waals surface area contributed by atoms with E-state index in [-0.39, 0.29) is 12.5 Å². The molecular weight excluding hydrogens is 204 g/mol. The second-order valence-electron chi connectivity index (χ2n) is 3.78. The van der Waals surface area contributed by atoms with Gasteiger partial charge in [0.05, 0.1) is 6.61 Å². The van der Waals surface area contributed by atoms with Crippen LogP contribution in [0.2, 0.25) is 0 Å². The van der Waals surface area contributed by atoms with Gasteiger partial charge in [0.25, 0.3) is 0 Å². The maximum Gasteiger partial charge on any atom is 0.219 e. The molecule has 0 aliphatic carbocycles. The lowest BCUT2D eigenvalue weighted by molar-refractivity contribution is -0.118. The Morgan fingerprint density at radius 2 is 2.19 bits per heavy atom. The topological polar surface area (TPSA) is 68.2 Å². The van der Waals surface area contributed by atoms with Crippen LogP contribution in [-0.4, -0.2) is 15.6 Å². The number of amides is 1. The van der Waals surface area contributed by atoms with Gasteiger partial charge in [-0.2, -0.15) is 0 Å². The van der Waals surface area contributed by atoms with E-state index in [0.717, 1.165) is 16.5 Å². The normalized spacial score (nSPS) is 10.8. The fraction of sp³-hybridized carbons (Fsp3) is 0.250. The SMILES string of the molecule is NC(=O)CCn1ccc2cc(CO)ccc21. The lowest BCUT2D eigenvalue weighted by atomic mass is 10.2. The van der Waals surface area contributed by atoms with Crippen LogP contribution in [0.25, 0.3) is 10.9 Å². The van der Waals surface area contributed by atoms with Gasteiger partial charge in [0.15, 0.2) is 0 Å². The summed E-state index contributed by atoms with van der Waals surface area (Å²) in [6.45, 7) is 0.639. The Morgan fingerprint density at radius 1 is 1.38 bits per heavy atom. The molecule has 2 rings (SSSR count). The molecule has 1 amide bonds. The molecule has 1 aromatic heterocycles. The van der Waals surface area contributed by atoms with Crippen LogP contribution in [-0.2, 0) is 17.9 Å². The predicted molar refractivity (Wildman–Crippen MR) is 61.7 cm³/mol. The van der Waals surface area contributed by atoms with Gasteiger partial charge in [-0.15, -0.1) is 0 Å². The van der Waals surface area contributed by atoms with Crippen molar-refractivity contribution in [2.75, 3.05) is 0 Å². The van der Waals surface area contributed by atoms with Crippen LogP contribution in [0.3, 0.4) is 0 Å². The molecule has 0 spiro atoms. The smallest absolute Gasteiger partial charge is 0.219 e. The van der Waals surface area contributed by atoms with E-state index in [1.807, 2.05) is 35.0 Å². The number of aliphatic hydroxyl groups is 1. The highest BCUT2D eigenvalue weighted by molar-refractivity contribution is 5.81. The average Bonchev–Trinajstić information content (AvgIpc) is 2.68. The first-order valence-electron chi connectivity index (χ1n) is 5.17. The number of hydrogen-bond donors (Lipinski definition) is 2. The van der Waals surface area contributed by atoms with Crippen LogP contribution in [0.4, 0.5) is 0 Å². The number of carbonyl (C=O) groups excluding carboxylic acids is 1. The molecule has 3 N–H and O–H groups in total. The van der Waals surface area contributed by atoms with Gasteiger partial charge in [-0.05, 0) is 29.1 Å². The predicted octanol–water partition coefficient (Wildman–Crippen LogP) is 1.01. The summed E-state index contributed by atoms with van der Waals surface area (Å²) in [6.07, 6.45) is 2.26. The van der Waals surface area contributed by atoms with E-state index in [1.54, 1.807) is 0 Å². The molecule has 84 valence electrons. The van der Waals surface area contributed by atoms with E-state index in [9.17, 15) is 4.79 Å². The molecular formula is C12H14N2O2. The average molecular weight is 218 g/mol. The monoisotopic (exact) mass is 218 g/mol. The fourth-order valence-electron chi connectivity index (χ4n) is 1.77. The van der Waals surface area contributed by atoms with Crippen molar-refractivity contribution < 1.29 is 9.90 Å². The maximum absolute atomic E-state index is 10.7. The highest BCUT2D eigenvalue weighted by Crippen LogP contribution is 2.18. The highest BCUT2D eigenvalue weighted by Gasteiger charge is 2.03. The fourth-order valence-corrected chi connectivity index (χ4v) is 1.77. The van der Waals surface area contributed by atoms with Gasteiger partial charge in [-0.1, -0.05) is 6.07 Å². The number of fused-ring (bicyclic) bond motifs is 1. The zero-order valence-corrected chi connectivity index (χ0v) is 8.89. The summed E-state index contributed by atoms with van der Waals surface area (Å²) in [5.41, 5.74) is 7.06. The summed E-state index contributed by atoms with van der Waals surface area (Å²) >= 11 is 0. The van der Waals surface area contributed by atoms with Crippen LogP contribution in [0, 0.1) is 0 Å². The molecule has 0 aliphatic heterocycles. The molecule has 1 heterocycles. The van der Waals surface area contributed by atoms with Crippen molar-refractivity contribution in [2.45, 2.75) is 19.6 Å². The van der Waals surface area contributed by atoms with Gasteiger partial charge in [0.2, 0.25) is 5.91 Å². The summed E-state index contributed by atoms with van der Waals surface area (Å²) in [5, 5.41) is 10.1. The molecule has 1 aromatic carbocycles. The Hall–Kier alpha value is -1.81. The standard InChI is InChI=1S/C12H14N2O2/c13-12(16)4-6-14-5-3-10-7-9(8-15)1-2-11(10)14/h1-3,5,7,15H,4,6,8H2,(H2,13,16). The van der Waals surface area contributed by atoms with E-state index in [4.69, 9.17) is 10.8 Å². The first kappa shape index (κ1) is 10.7. The van der Waals surface area contributed by atoms with Crippen molar-refractivity contribution >= 4 is 16.8 Å². The van der Waals surface area contributed by atoms with Crippen LogP contribution in [0.1, 0.15) is 12.0 Å². The number of nitrogens with two attached hydrogens (primary N) is 1. The number of aliphatic hydroxyl groups excluding tert-OH is 1. The van der Waals surface area contributed by atoms with Gasteiger partial charge < -0.3 is 15.4 Å². The highest BCUT2D eigenvalue weighted by atomic mass is 16.3. The van der Waals surface area contributed by atoms with Crippen molar-refractivity contribution in [1.29, 1.82) is 0 Å². The number of aryl methyl sites for hydroxylation is 1. The number of primary amides is 1. The van der Waals surface area contributed by atoms with E-state index in [2.05, 4.69) is 0 Å². The van der Waals surface area contributed by atoms with E-state index < -0.39 is 0 Å². The zero-order chi connectivity index (χ0) is 11.5. The van der Waals surface area contributed by atoms with Gasteiger partial charge in [-0.25, -0.2) is 0 Å². The quantitative estimate of drug-likeness (QED) is 0.804. The first-order chi connectivity index (χ1) is 7.70. The lowest BCUT2D eigenvalue weighted by Crippen LogP contribution is -2.13. The summed E-state index contributed by atoms with van der Waals surface area (Å²) in [6, 6.07) is 7.73. The molecule has 0 bridgehead atoms.